The third-order valence-corrected chi connectivity index (χ3v) is 4.69. The molecule has 0 radical (unpaired) electrons. The van der Waals surface area contributed by atoms with Gasteiger partial charge in [-0.05, 0) is 31.2 Å². The van der Waals surface area contributed by atoms with E-state index in [1.165, 1.54) is 23.9 Å². The Morgan fingerprint density at radius 3 is 2.78 bits per heavy atom. The molecule has 0 bridgehead atoms. The zero-order chi connectivity index (χ0) is 17.0. The van der Waals surface area contributed by atoms with Gasteiger partial charge in [0.2, 0.25) is 0 Å². The summed E-state index contributed by atoms with van der Waals surface area (Å²) in [6.07, 6.45) is 0.317. The molecule has 1 aromatic rings. The number of ether oxygens (including phenoxy) is 1. The number of hydrogen-bond acceptors (Lipinski definition) is 6. The summed E-state index contributed by atoms with van der Waals surface area (Å²) >= 11 is 1.44. The molecular formula is C14H16N2O6S. The summed E-state index contributed by atoms with van der Waals surface area (Å²) in [7, 11) is 0. The first-order valence-corrected chi connectivity index (χ1v) is 8.10. The van der Waals surface area contributed by atoms with E-state index in [2.05, 4.69) is 5.32 Å². The number of rotatable bonds is 6. The van der Waals surface area contributed by atoms with Crippen molar-refractivity contribution in [1.82, 2.24) is 5.32 Å². The number of carbonyl (C=O) groups excluding carboxylic acids is 1. The molecule has 8 nitrogen and oxygen atoms in total. The van der Waals surface area contributed by atoms with Crippen molar-refractivity contribution >= 4 is 29.3 Å². The van der Waals surface area contributed by atoms with Gasteiger partial charge < -0.3 is 15.2 Å². The molecular weight excluding hydrogens is 324 g/mol. The van der Waals surface area contributed by atoms with Gasteiger partial charge in [-0.1, -0.05) is 0 Å². The second-order valence-electron chi connectivity index (χ2n) is 5.02. The van der Waals surface area contributed by atoms with Crippen molar-refractivity contribution < 1.29 is 24.4 Å². The number of aliphatic carboxylic acids is 1. The Morgan fingerprint density at radius 2 is 2.26 bits per heavy atom. The number of benzene rings is 1. The third-order valence-electron chi connectivity index (χ3n) is 3.50. The number of nitrogens with zero attached hydrogens (tertiary/aromatic N) is 1. The topological polar surface area (TPSA) is 119 Å². The monoisotopic (exact) mass is 340 g/mol. The smallest absolute Gasteiger partial charge is 0.330 e. The van der Waals surface area contributed by atoms with Crippen LogP contribution in [0.5, 0.6) is 5.75 Å². The van der Waals surface area contributed by atoms with Crippen molar-refractivity contribution in [3.63, 3.8) is 0 Å². The van der Waals surface area contributed by atoms with Crippen LogP contribution in [-0.2, 0) is 4.79 Å². The maximum atomic E-state index is 12.3. The average Bonchev–Trinajstić information content (AvgIpc) is 2.97. The van der Waals surface area contributed by atoms with Crippen LogP contribution in [-0.4, -0.2) is 45.6 Å². The van der Waals surface area contributed by atoms with E-state index in [1.54, 1.807) is 6.92 Å². The van der Waals surface area contributed by atoms with E-state index in [9.17, 15) is 24.8 Å². The molecule has 0 aromatic heterocycles. The van der Waals surface area contributed by atoms with Crippen LogP contribution >= 0.6 is 11.8 Å². The number of carbonyl (C=O) groups is 2. The summed E-state index contributed by atoms with van der Waals surface area (Å²) < 4.78 is 5.15. The normalized spacial score (nSPS) is 20.0. The molecule has 23 heavy (non-hydrogen) atoms. The van der Waals surface area contributed by atoms with Crippen LogP contribution in [0.1, 0.15) is 23.7 Å². The minimum Gasteiger partial charge on any atom is -0.487 e. The van der Waals surface area contributed by atoms with Gasteiger partial charge in [0.25, 0.3) is 5.91 Å². The number of thioether (sulfide) groups is 1. The third kappa shape index (κ3) is 3.55. The number of nitro groups is 1. The first-order valence-electron chi connectivity index (χ1n) is 6.94. The summed E-state index contributed by atoms with van der Waals surface area (Å²) in [5, 5.41) is 22.9. The van der Waals surface area contributed by atoms with Crippen LogP contribution in [0.15, 0.2) is 18.2 Å². The lowest BCUT2D eigenvalue weighted by Crippen LogP contribution is -2.54. The van der Waals surface area contributed by atoms with Crippen molar-refractivity contribution in [1.29, 1.82) is 0 Å². The van der Waals surface area contributed by atoms with Gasteiger partial charge in [0.15, 0.2) is 5.75 Å². The maximum absolute atomic E-state index is 12.3. The Labute approximate surface area is 136 Å². The fraction of sp³-hybridized carbons (Fsp3) is 0.429. The summed E-state index contributed by atoms with van der Waals surface area (Å²) in [4.78, 5) is 34.2. The van der Waals surface area contributed by atoms with E-state index < -0.39 is 22.3 Å². The molecule has 1 fully saturated rings. The van der Waals surface area contributed by atoms with Gasteiger partial charge in [-0.3, -0.25) is 14.9 Å². The maximum Gasteiger partial charge on any atom is 0.330 e. The van der Waals surface area contributed by atoms with Crippen LogP contribution < -0.4 is 10.1 Å². The fourth-order valence-corrected chi connectivity index (χ4v) is 3.58. The lowest BCUT2D eigenvalue weighted by atomic mass is 9.98. The molecule has 1 atom stereocenters. The summed E-state index contributed by atoms with van der Waals surface area (Å²) in [5.74, 6) is -0.779. The second-order valence-corrected chi connectivity index (χ2v) is 6.12. The van der Waals surface area contributed by atoms with Crippen LogP contribution in [0.3, 0.4) is 0 Å². The highest BCUT2D eigenvalue weighted by Crippen LogP contribution is 2.30. The zero-order valence-electron chi connectivity index (χ0n) is 12.4. The molecule has 1 unspecified atom stereocenters. The molecule has 0 spiro atoms. The highest BCUT2D eigenvalue weighted by Gasteiger charge is 2.43. The van der Waals surface area contributed by atoms with Gasteiger partial charge in [0.05, 0.1) is 11.5 Å². The second kappa shape index (κ2) is 6.86. The van der Waals surface area contributed by atoms with E-state index in [0.717, 1.165) is 6.07 Å². The standard InChI is InChI=1S/C14H16N2O6S/c1-2-22-11-4-3-9(7-10(11)16(20)21)12(17)15-14(13(18)19)5-6-23-8-14/h3-4,7H,2,5-6,8H2,1H3,(H,15,17)(H,18,19). The zero-order valence-corrected chi connectivity index (χ0v) is 13.2. The van der Waals surface area contributed by atoms with E-state index in [4.69, 9.17) is 4.74 Å². The average molecular weight is 340 g/mol. The highest BCUT2D eigenvalue weighted by molar-refractivity contribution is 7.99. The number of hydrogen-bond donors (Lipinski definition) is 2. The van der Waals surface area contributed by atoms with Gasteiger partial charge in [-0.15, -0.1) is 0 Å². The Bertz CT molecular complexity index is 642. The van der Waals surface area contributed by atoms with E-state index >= 15 is 0 Å². The number of nitrogens with one attached hydrogen (secondary N) is 1. The van der Waals surface area contributed by atoms with Gasteiger partial charge >= 0.3 is 11.7 Å². The predicted octanol–water partition coefficient (Wildman–Crippen LogP) is 1.68. The van der Waals surface area contributed by atoms with Crippen LogP contribution in [0.25, 0.3) is 0 Å². The fourth-order valence-electron chi connectivity index (χ4n) is 2.25. The molecule has 9 heteroatoms. The Kier molecular flexibility index (Phi) is 5.09. The van der Waals surface area contributed by atoms with Gasteiger partial charge in [0.1, 0.15) is 5.54 Å². The molecule has 2 N–H and O–H groups in total. The van der Waals surface area contributed by atoms with E-state index in [-0.39, 0.29) is 29.4 Å². The van der Waals surface area contributed by atoms with Gasteiger partial charge in [-0.2, -0.15) is 11.8 Å². The highest BCUT2D eigenvalue weighted by atomic mass is 32.2. The Hall–Kier alpha value is -2.29. The van der Waals surface area contributed by atoms with Crippen molar-refractivity contribution in [2.24, 2.45) is 0 Å². The minimum absolute atomic E-state index is 0.0256. The minimum atomic E-state index is -1.32. The molecule has 1 heterocycles. The Balaban J connectivity index is 2.27. The first-order chi connectivity index (χ1) is 10.9. The predicted molar refractivity (Wildman–Crippen MR) is 84.0 cm³/mol. The first kappa shape index (κ1) is 17.1. The van der Waals surface area contributed by atoms with Crippen LogP contribution in [0.2, 0.25) is 0 Å². The van der Waals surface area contributed by atoms with E-state index in [1.807, 2.05) is 0 Å². The summed E-state index contributed by atoms with van der Waals surface area (Å²) in [6.45, 7) is 1.95. The molecule has 1 aliphatic heterocycles. The number of carboxylic acids is 1. The van der Waals surface area contributed by atoms with Crippen molar-refractivity contribution in [2.45, 2.75) is 18.9 Å². The molecule has 0 aliphatic carbocycles. The molecule has 0 saturated carbocycles. The number of amides is 1. The van der Waals surface area contributed by atoms with Crippen molar-refractivity contribution in [3.05, 3.63) is 33.9 Å². The molecule has 1 aromatic carbocycles. The van der Waals surface area contributed by atoms with Gasteiger partial charge in [0, 0.05) is 17.4 Å². The van der Waals surface area contributed by atoms with Crippen LogP contribution in [0, 0.1) is 10.1 Å². The van der Waals surface area contributed by atoms with Crippen molar-refractivity contribution in [2.75, 3.05) is 18.1 Å². The molecule has 1 aliphatic rings. The summed E-state index contributed by atoms with van der Waals surface area (Å²) in [5.41, 5.74) is -1.63. The van der Waals surface area contributed by atoms with E-state index in [0.29, 0.717) is 12.2 Å². The molecule has 2 rings (SSSR count). The van der Waals surface area contributed by atoms with Crippen LogP contribution in [0.4, 0.5) is 5.69 Å². The number of carboxylic acid groups (broad SMARTS) is 1. The lowest BCUT2D eigenvalue weighted by molar-refractivity contribution is -0.385. The molecule has 124 valence electrons. The lowest BCUT2D eigenvalue weighted by Gasteiger charge is -2.24. The van der Waals surface area contributed by atoms with Gasteiger partial charge in [-0.25, -0.2) is 4.79 Å². The quantitative estimate of drug-likeness (QED) is 0.597. The SMILES string of the molecule is CCOc1ccc(C(=O)NC2(C(=O)O)CCSC2)cc1[N+](=O)[O-]. The molecule has 1 amide bonds. The summed E-state index contributed by atoms with van der Waals surface area (Å²) in [6, 6.07) is 3.82. The number of nitro benzene ring substituents is 1. The Morgan fingerprint density at radius 1 is 1.52 bits per heavy atom. The molecule has 1 saturated heterocycles. The largest absolute Gasteiger partial charge is 0.487 e. The van der Waals surface area contributed by atoms with Crippen molar-refractivity contribution in [3.8, 4) is 5.75 Å².